The normalized spacial score (nSPS) is 9.12. The van der Waals surface area contributed by atoms with E-state index in [9.17, 15) is 0 Å². The third kappa shape index (κ3) is 1.70. The molecule has 0 saturated carbocycles. The average molecular weight is 210 g/mol. The molecule has 5 heteroatoms. The van der Waals surface area contributed by atoms with E-state index in [-0.39, 0.29) is 23.0 Å². The van der Waals surface area contributed by atoms with Gasteiger partial charge in [-0.05, 0) is 12.1 Å². The third-order valence-electron chi connectivity index (χ3n) is 1.82. The molecule has 0 fully saturated rings. The van der Waals surface area contributed by atoms with E-state index in [0.29, 0.717) is 0 Å². The van der Waals surface area contributed by atoms with E-state index < -0.39 is 0 Å². The van der Waals surface area contributed by atoms with Gasteiger partial charge in [0.15, 0.2) is 5.75 Å². The molecule has 1 heterocycles. The van der Waals surface area contributed by atoms with E-state index in [0.717, 1.165) is 0 Å². The number of rotatable bonds is 2. The molecule has 0 amide bonds. The number of ether oxygens (including phenoxy) is 1. The molecule has 1 aromatic carbocycles. The first-order valence-electron chi connectivity index (χ1n) is 4.28. The van der Waals surface area contributed by atoms with Crippen LogP contribution in [0.25, 0.3) is 0 Å². The number of oxazole rings is 1. The van der Waals surface area contributed by atoms with Gasteiger partial charge in [-0.3, -0.25) is 0 Å². The van der Waals surface area contributed by atoms with Gasteiger partial charge in [-0.2, -0.15) is 15.5 Å². The Morgan fingerprint density at radius 2 is 2.19 bits per heavy atom. The van der Waals surface area contributed by atoms with Gasteiger partial charge in [0.1, 0.15) is 30.2 Å². The zero-order valence-corrected chi connectivity index (χ0v) is 7.97. The molecule has 75 valence electrons. The standard InChI is InChI=1S/C11H4N3O2/c12-6-8-2-1-3-10(9(8)7-13)16-11-14-4-5-15-11/h1-3,5H. The molecule has 2 rings (SSSR count). The fourth-order valence-electron chi connectivity index (χ4n) is 1.15. The Hall–Kier alpha value is -2.79. The fourth-order valence-corrected chi connectivity index (χ4v) is 1.15. The molecule has 5 nitrogen and oxygen atoms in total. The van der Waals surface area contributed by atoms with Gasteiger partial charge in [-0.15, -0.1) is 0 Å². The highest BCUT2D eigenvalue weighted by Gasteiger charge is 2.11. The summed E-state index contributed by atoms with van der Waals surface area (Å²) in [6, 6.07) is 8.51. The minimum atomic E-state index is -0.0217. The number of aromatic nitrogens is 1. The summed E-state index contributed by atoms with van der Waals surface area (Å²) in [6.45, 7) is 0. The zero-order valence-electron chi connectivity index (χ0n) is 7.97. The van der Waals surface area contributed by atoms with E-state index in [1.165, 1.54) is 12.3 Å². The molecule has 0 unspecified atom stereocenters. The molecule has 0 spiro atoms. The van der Waals surface area contributed by atoms with Crippen LogP contribution in [0.3, 0.4) is 0 Å². The Morgan fingerprint density at radius 1 is 1.31 bits per heavy atom. The molecule has 16 heavy (non-hydrogen) atoms. The zero-order chi connectivity index (χ0) is 11.4. The van der Waals surface area contributed by atoms with Crippen LogP contribution in [0.4, 0.5) is 0 Å². The highest BCUT2D eigenvalue weighted by Crippen LogP contribution is 2.25. The number of hydrogen-bond acceptors (Lipinski definition) is 5. The molecule has 0 atom stereocenters. The molecular weight excluding hydrogens is 206 g/mol. The van der Waals surface area contributed by atoms with Crippen molar-refractivity contribution < 1.29 is 9.15 Å². The third-order valence-corrected chi connectivity index (χ3v) is 1.82. The van der Waals surface area contributed by atoms with Gasteiger partial charge in [-0.1, -0.05) is 6.07 Å². The second-order valence-electron chi connectivity index (χ2n) is 2.75. The van der Waals surface area contributed by atoms with Crippen molar-refractivity contribution in [3.63, 3.8) is 0 Å². The van der Waals surface area contributed by atoms with Gasteiger partial charge in [0.25, 0.3) is 0 Å². The second kappa shape index (κ2) is 4.16. The van der Waals surface area contributed by atoms with Crippen molar-refractivity contribution >= 4 is 0 Å². The predicted octanol–water partition coefficient (Wildman–Crippen LogP) is 2.01. The van der Waals surface area contributed by atoms with E-state index >= 15 is 0 Å². The quantitative estimate of drug-likeness (QED) is 0.756. The largest absolute Gasteiger partial charge is 0.417 e. The Labute approximate surface area is 91.1 Å². The number of nitriles is 2. The molecule has 0 saturated heterocycles. The first kappa shape index (κ1) is 9.75. The fraction of sp³-hybridized carbons (Fsp3) is 0. The maximum Gasteiger partial charge on any atom is 0.399 e. The molecule has 0 N–H and O–H groups in total. The van der Waals surface area contributed by atoms with Crippen LogP contribution in [-0.4, -0.2) is 4.98 Å². The maximum absolute atomic E-state index is 8.92. The van der Waals surface area contributed by atoms with Crippen molar-refractivity contribution in [1.82, 2.24) is 4.98 Å². The van der Waals surface area contributed by atoms with Gasteiger partial charge in [0.05, 0.1) is 5.56 Å². The van der Waals surface area contributed by atoms with E-state index in [2.05, 4.69) is 11.2 Å². The number of benzene rings is 1. The summed E-state index contributed by atoms with van der Waals surface area (Å²) < 4.78 is 10.0. The molecule has 0 aliphatic rings. The van der Waals surface area contributed by atoms with Crippen molar-refractivity contribution in [2.45, 2.75) is 0 Å². The van der Waals surface area contributed by atoms with Crippen LogP contribution < -0.4 is 4.74 Å². The van der Waals surface area contributed by atoms with Crippen molar-refractivity contribution in [3.8, 4) is 24.0 Å². The molecule has 0 aliphatic carbocycles. The Kier molecular flexibility index (Phi) is 2.53. The van der Waals surface area contributed by atoms with Gasteiger partial charge >= 0.3 is 6.08 Å². The summed E-state index contributed by atoms with van der Waals surface area (Å²) in [6.07, 6.45) is 3.64. The second-order valence-corrected chi connectivity index (χ2v) is 2.75. The highest BCUT2D eigenvalue weighted by atomic mass is 16.6. The van der Waals surface area contributed by atoms with Crippen LogP contribution >= 0.6 is 0 Å². The SMILES string of the molecule is N#Cc1cccc(Oc2n[c]co2)c1C#N. The average Bonchev–Trinajstić information content (AvgIpc) is 2.81. The van der Waals surface area contributed by atoms with Gasteiger partial charge in [0.2, 0.25) is 0 Å². The molecule has 2 aromatic rings. The first-order chi connectivity index (χ1) is 7.85. The van der Waals surface area contributed by atoms with Crippen LogP contribution in [0.2, 0.25) is 0 Å². The minimum Gasteiger partial charge on any atom is -0.417 e. The minimum absolute atomic E-state index is 0.0217. The molecule has 1 aromatic heterocycles. The molecule has 1 radical (unpaired) electrons. The number of hydrogen-bond donors (Lipinski definition) is 0. The van der Waals surface area contributed by atoms with Crippen LogP contribution in [0.1, 0.15) is 11.1 Å². The maximum atomic E-state index is 8.92. The summed E-state index contributed by atoms with van der Waals surface area (Å²) in [4.78, 5) is 3.64. The smallest absolute Gasteiger partial charge is 0.399 e. The lowest BCUT2D eigenvalue weighted by molar-refractivity contribution is 0.330. The van der Waals surface area contributed by atoms with E-state index in [1.807, 2.05) is 12.1 Å². The monoisotopic (exact) mass is 210 g/mol. The molecule has 0 aliphatic heterocycles. The van der Waals surface area contributed by atoms with Crippen molar-refractivity contribution in [3.05, 3.63) is 41.8 Å². The molecular formula is C11H4N3O2. The van der Waals surface area contributed by atoms with Crippen LogP contribution in [-0.2, 0) is 0 Å². The van der Waals surface area contributed by atoms with E-state index in [4.69, 9.17) is 19.7 Å². The Morgan fingerprint density at radius 3 is 2.81 bits per heavy atom. The first-order valence-corrected chi connectivity index (χ1v) is 4.28. The van der Waals surface area contributed by atoms with Crippen molar-refractivity contribution in [2.75, 3.05) is 0 Å². The van der Waals surface area contributed by atoms with Crippen molar-refractivity contribution in [1.29, 1.82) is 10.5 Å². The Bertz CT molecular complexity index is 576. The van der Waals surface area contributed by atoms with Gasteiger partial charge < -0.3 is 9.15 Å². The Balaban J connectivity index is 2.43. The lowest BCUT2D eigenvalue weighted by atomic mass is 10.1. The van der Waals surface area contributed by atoms with Crippen molar-refractivity contribution in [2.24, 2.45) is 0 Å². The van der Waals surface area contributed by atoms with Gasteiger partial charge in [0, 0.05) is 0 Å². The van der Waals surface area contributed by atoms with Crippen LogP contribution in [0, 0.1) is 28.9 Å². The van der Waals surface area contributed by atoms with Crippen LogP contribution in [0.15, 0.2) is 28.9 Å². The van der Waals surface area contributed by atoms with E-state index in [1.54, 1.807) is 12.1 Å². The summed E-state index contributed by atoms with van der Waals surface area (Å²) in [5, 5.41) is 17.7. The van der Waals surface area contributed by atoms with Crippen LogP contribution in [0.5, 0.6) is 11.8 Å². The number of nitrogens with zero attached hydrogens (tertiary/aromatic N) is 3. The predicted molar refractivity (Wildman–Crippen MR) is 51.3 cm³/mol. The summed E-state index contributed by atoms with van der Waals surface area (Å²) in [7, 11) is 0. The lowest BCUT2D eigenvalue weighted by Gasteiger charge is -2.03. The van der Waals surface area contributed by atoms with Gasteiger partial charge in [-0.25, -0.2) is 0 Å². The topological polar surface area (TPSA) is 82.8 Å². The summed E-state index contributed by atoms with van der Waals surface area (Å²) >= 11 is 0. The highest BCUT2D eigenvalue weighted by molar-refractivity contribution is 5.54. The molecule has 0 bridgehead atoms. The summed E-state index contributed by atoms with van der Waals surface area (Å²) in [5.41, 5.74) is 0.402. The lowest BCUT2D eigenvalue weighted by Crippen LogP contribution is -1.91. The summed E-state index contributed by atoms with van der Waals surface area (Å²) in [5.74, 6) is 0.234.